The molecular formula is C14H25N5O. The molecule has 1 aliphatic rings. The molecule has 6 heteroatoms. The lowest BCUT2D eigenvalue weighted by atomic mass is 10.1. The summed E-state index contributed by atoms with van der Waals surface area (Å²) in [5.74, 6) is 6.97. The molecule has 20 heavy (non-hydrogen) atoms. The maximum Gasteiger partial charge on any atom is 0.148 e. The second kappa shape index (κ2) is 7.40. The SMILES string of the molecule is CCCc1c(NN)ncnc1NC1CCCCCC1O. The van der Waals surface area contributed by atoms with Crippen molar-refractivity contribution in [1.82, 2.24) is 9.97 Å². The number of nitrogen functional groups attached to an aromatic ring is 1. The van der Waals surface area contributed by atoms with Crippen LogP contribution in [0.15, 0.2) is 6.33 Å². The fourth-order valence-corrected chi connectivity index (χ4v) is 2.78. The van der Waals surface area contributed by atoms with E-state index in [1.54, 1.807) is 0 Å². The Labute approximate surface area is 120 Å². The van der Waals surface area contributed by atoms with Gasteiger partial charge in [0.2, 0.25) is 0 Å². The Morgan fingerprint density at radius 1 is 1.25 bits per heavy atom. The summed E-state index contributed by atoms with van der Waals surface area (Å²) in [6.07, 6.45) is 8.30. The van der Waals surface area contributed by atoms with Crippen LogP contribution < -0.4 is 16.6 Å². The second-order valence-electron chi connectivity index (χ2n) is 5.40. The first-order valence-electron chi connectivity index (χ1n) is 7.51. The molecule has 1 aromatic heterocycles. The molecular weight excluding hydrogens is 254 g/mol. The van der Waals surface area contributed by atoms with Crippen LogP contribution in [0.1, 0.15) is 51.0 Å². The summed E-state index contributed by atoms with van der Waals surface area (Å²) in [4.78, 5) is 8.49. The number of anilines is 2. The van der Waals surface area contributed by atoms with Crippen LogP contribution in [0.4, 0.5) is 11.6 Å². The van der Waals surface area contributed by atoms with Crippen LogP contribution in [0.2, 0.25) is 0 Å². The number of aromatic nitrogens is 2. The summed E-state index contributed by atoms with van der Waals surface area (Å²) < 4.78 is 0. The van der Waals surface area contributed by atoms with Crippen molar-refractivity contribution in [1.29, 1.82) is 0 Å². The minimum atomic E-state index is -0.309. The molecule has 0 saturated heterocycles. The number of nitrogens with zero attached hydrogens (tertiary/aromatic N) is 2. The molecule has 1 fully saturated rings. The predicted molar refractivity (Wildman–Crippen MR) is 80.3 cm³/mol. The van der Waals surface area contributed by atoms with Gasteiger partial charge in [-0.25, -0.2) is 15.8 Å². The van der Waals surface area contributed by atoms with Crippen LogP contribution in [0.25, 0.3) is 0 Å². The Morgan fingerprint density at radius 2 is 2.00 bits per heavy atom. The van der Waals surface area contributed by atoms with E-state index in [9.17, 15) is 5.11 Å². The zero-order valence-electron chi connectivity index (χ0n) is 12.1. The van der Waals surface area contributed by atoms with E-state index in [0.717, 1.165) is 49.9 Å². The lowest BCUT2D eigenvalue weighted by Crippen LogP contribution is -2.33. The number of rotatable bonds is 5. The van der Waals surface area contributed by atoms with E-state index in [1.165, 1.54) is 12.7 Å². The highest BCUT2D eigenvalue weighted by Gasteiger charge is 2.23. The maximum absolute atomic E-state index is 10.2. The third-order valence-corrected chi connectivity index (χ3v) is 3.88. The maximum atomic E-state index is 10.2. The smallest absolute Gasteiger partial charge is 0.148 e. The Bertz CT molecular complexity index is 426. The van der Waals surface area contributed by atoms with Gasteiger partial charge < -0.3 is 15.8 Å². The number of hydrazine groups is 1. The molecule has 2 rings (SSSR count). The van der Waals surface area contributed by atoms with Crippen LogP contribution in [-0.2, 0) is 6.42 Å². The summed E-state index contributed by atoms with van der Waals surface area (Å²) in [6.45, 7) is 2.11. The van der Waals surface area contributed by atoms with E-state index in [-0.39, 0.29) is 12.1 Å². The molecule has 5 N–H and O–H groups in total. The fourth-order valence-electron chi connectivity index (χ4n) is 2.78. The summed E-state index contributed by atoms with van der Waals surface area (Å²) in [5.41, 5.74) is 3.62. The van der Waals surface area contributed by atoms with Crippen LogP contribution >= 0.6 is 0 Å². The third kappa shape index (κ3) is 3.58. The molecule has 0 bridgehead atoms. The van der Waals surface area contributed by atoms with Gasteiger partial charge in [0.15, 0.2) is 0 Å². The van der Waals surface area contributed by atoms with Gasteiger partial charge in [-0.2, -0.15) is 0 Å². The minimum Gasteiger partial charge on any atom is -0.391 e. The average Bonchev–Trinajstić information content (AvgIpc) is 2.66. The molecule has 1 aliphatic carbocycles. The highest BCUT2D eigenvalue weighted by atomic mass is 16.3. The molecule has 2 atom stereocenters. The Morgan fingerprint density at radius 3 is 2.75 bits per heavy atom. The normalized spacial score (nSPS) is 23.1. The van der Waals surface area contributed by atoms with Gasteiger partial charge in [0.1, 0.15) is 18.0 Å². The molecule has 0 spiro atoms. The number of nitrogens with two attached hydrogens (primary N) is 1. The second-order valence-corrected chi connectivity index (χ2v) is 5.40. The number of aliphatic hydroxyl groups is 1. The lowest BCUT2D eigenvalue weighted by Gasteiger charge is -2.24. The van der Waals surface area contributed by atoms with Crippen molar-refractivity contribution in [3.8, 4) is 0 Å². The summed E-state index contributed by atoms with van der Waals surface area (Å²) in [7, 11) is 0. The van der Waals surface area contributed by atoms with Crippen molar-refractivity contribution in [3.63, 3.8) is 0 Å². The van der Waals surface area contributed by atoms with E-state index < -0.39 is 0 Å². The zero-order valence-corrected chi connectivity index (χ0v) is 12.1. The summed E-state index contributed by atoms with van der Waals surface area (Å²) in [6, 6.07) is 0.0635. The largest absolute Gasteiger partial charge is 0.391 e. The third-order valence-electron chi connectivity index (χ3n) is 3.88. The Hall–Kier alpha value is -1.40. The van der Waals surface area contributed by atoms with E-state index in [0.29, 0.717) is 5.82 Å². The molecule has 1 aromatic rings. The number of hydrogen-bond donors (Lipinski definition) is 4. The standard InChI is InChI=1S/C14H25N5O/c1-2-6-10-13(16-9-17-14(10)19-15)18-11-7-4-3-5-8-12(11)20/h9,11-12,20H,2-8,15H2,1H3,(H2,16,17,18,19). The van der Waals surface area contributed by atoms with Crippen LogP contribution in [0.3, 0.4) is 0 Å². The van der Waals surface area contributed by atoms with E-state index in [1.807, 2.05) is 0 Å². The Kier molecular flexibility index (Phi) is 5.55. The van der Waals surface area contributed by atoms with Crippen LogP contribution in [0, 0.1) is 0 Å². The van der Waals surface area contributed by atoms with Crippen molar-refractivity contribution in [2.75, 3.05) is 10.7 Å². The lowest BCUT2D eigenvalue weighted by molar-refractivity contribution is 0.144. The van der Waals surface area contributed by atoms with Gasteiger partial charge >= 0.3 is 0 Å². The summed E-state index contributed by atoms with van der Waals surface area (Å²) >= 11 is 0. The van der Waals surface area contributed by atoms with Crippen molar-refractivity contribution in [2.24, 2.45) is 5.84 Å². The van der Waals surface area contributed by atoms with Gasteiger partial charge in [0, 0.05) is 5.56 Å². The number of hydrogen-bond acceptors (Lipinski definition) is 6. The first-order chi connectivity index (χ1) is 9.76. The molecule has 0 aromatic carbocycles. The van der Waals surface area contributed by atoms with Crippen molar-refractivity contribution < 1.29 is 5.11 Å². The number of nitrogens with one attached hydrogen (secondary N) is 2. The first-order valence-corrected chi connectivity index (χ1v) is 7.51. The molecule has 6 nitrogen and oxygen atoms in total. The molecule has 1 heterocycles. The van der Waals surface area contributed by atoms with Gasteiger partial charge in [-0.1, -0.05) is 32.6 Å². The molecule has 112 valence electrons. The predicted octanol–water partition coefficient (Wildman–Crippen LogP) is 1.82. The Balaban J connectivity index is 2.18. The van der Waals surface area contributed by atoms with Crippen molar-refractivity contribution >= 4 is 11.6 Å². The van der Waals surface area contributed by atoms with Crippen molar-refractivity contribution in [2.45, 2.75) is 64.0 Å². The quantitative estimate of drug-likeness (QED) is 0.373. The fraction of sp³-hybridized carbons (Fsp3) is 0.714. The topological polar surface area (TPSA) is 96.1 Å². The van der Waals surface area contributed by atoms with E-state index in [2.05, 4.69) is 27.6 Å². The van der Waals surface area contributed by atoms with Gasteiger partial charge in [-0.05, 0) is 19.3 Å². The van der Waals surface area contributed by atoms with Crippen LogP contribution in [0.5, 0.6) is 0 Å². The molecule has 2 unspecified atom stereocenters. The molecule has 0 aliphatic heterocycles. The van der Waals surface area contributed by atoms with Crippen LogP contribution in [-0.4, -0.2) is 27.2 Å². The van der Waals surface area contributed by atoms with Gasteiger partial charge in [-0.15, -0.1) is 0 Å². The first kappa shape index (κ1) is 15.0. The van der Waals surface area contributed by atoms with Gasteiger partial charge in [0.05, 0.1) is 12.1 Å². The van der Waals surface area contributed by atoms with Gasteiger partial charge in [-0.3, -0.25) is 0 Å². The highest BCUT2D eigenvalue weighted by molar-refractivity contribution is 5.57. The molecule has 0 radical (unpaired) electrons. The average molecular weight is 279 g/mol. The van der Waals surface area contributed by atoms with E-state index in [4.69, 9.17) is 5.84 Å². The number of aliphatic hydroxyl groups excluding tert-OH is 1. The highest BCUT2D eigenvalue weighted by Crippen LogP contribution is 2.25. The zero-order chi connectivity index (χ0) is 14.4. The molecule has 0 amide bonds. The van der Waals surface area contributed by atoms with E-state index >= 15 is 0 Å². The van der Waals surface area contributed by atoms with Crippen molar-refractivity contribution in [3.05, 3.63) is 11.9 Å². The molecule has 1 saturated carbocycles. The monoisotopic (exact) mass is 279 g/mol. The summed E-state index contributed by atoms with van der Waals surface area (Å²) in [5, 5.41) is 13.6. The minimum absolute atomic E-state index is 0.0635. The van der Waals surface area contributed by atoms with Gasteiger partial charge in [0.25, 0.3) is 0 Å².